The summed E-state index contributed by atoms with van der Waals surface area (Å²) in [5, 5.41) is 4.25. The van der Waals surface area contributed by atoms with Crippen molar-refractivity contribution in [3.63, 3.8) is 0 Å². The minimum atomic E-state index is 0.777. The van der Waals surface area contributed by atoms with E-state index in [9.17, 15) is 0 Å². The first-order chi connectivity index (χ1) is 6.65. The van der Waals surface area contributed by atoms with Crippen LogP contribution in [0.2, 0.25) is 0 Å². The third-order valence-electron chi connectivity index (χ3n) is 3.86. The Labute approximate surface area is 86.3 Å². The molecule has 1 heterocycles. The zero-order valence-electron chi connectivity index (χ0n) is 9.57. The Morgan fingerprint density at radius 2 is 2.29 bits per heavy atom. The smallest absolute Gasteiger partial charge is 0.0524 e. The van der Waals surface area contributed by atoms with Crippen LogP contribution in [0.15, 0.2) is 12.4 Å². The van der Waals surface area contributed by atoms with Crippen molar-refractivity contribution in [1.82, 2.24) is 9.78 Å². The molecule has 4 unspecified atom stereocenters. The lowest BCUT2D eigenvalue weighted by Gasteiger charge is -2.05. The fourth-order valence-corrected chi connectivity index (χ4v) is 2.78. The molecule has 2 heteroatoms. The first kappa shape index (κ1) is 9.75. The van der Waals surface area contributed by atoms with Gasteiger partial charge in [0.05, 0.1) is 6.20 Å². The molecule has 1 saturated carbocycles. The van der Waals surface area contributed by atoms with Crippen LogP contribution < -0.4 is 0 Å². The van der Waals surface area contributed by atoms with Crippen molar-refractivity contribution in [2.45, 2.75) is 33.1 Å². The highest BCUT2D eigenvalue weighted by Crippen LogP contribution is 2.57. The average molecular weight is 192 g/mol. The van der Waals surface area contributed by atoms with Crippen molar-refractivity contribution in [3.05, 3.63) is 18.0 Å². The van der Waals surface area contributed by atoms with Gasteiger partial charge in [0.1, 0.15) is 0 Å². The standard InChI is InChI=1S/C12H20N2/c1-5-8(2)11-9(3)12(11)10-6-13-14(4)7-10/h6-9,11-12H,5H2,1-4H3. The number of hydrogen-bond acceptors (Lipinski definition) is 1. The summed E-state index contributed by atoms with van der Waals surface area (Å²) in [7, 11) is 1.99. The molecule has 0 saturated heterocycles. The summed E-state index contributed by atoms with van der Waals surface area (Å²) in [5.74, 6) is 3.38. The normalized spacial score (nSPS) is 33.0. The largest absolute Gasteiger partial charge is 0.276 e. The van der Waals surface area contributed by atoms with Crippen molar-refractivity contribution in [2.24, 2.45) is 24.8 Å². The second kappa shape index (κ2) is 3.41. The molecule has 0 aliphatic heterocycles. The molecule has 0 radical (unpaired) electrons. The van der Waals surface area contributed by atoms with Crippen LogP contribution in [-0.4, -0.2) is 9.78 Å². The molecule has 14 heavy (non-hydrogen) atoms. The predicted octanol–water partition coefficient (Wildman–Crippen LogP) is 2.82. The fraction of sp³-hybridized carbons (Fsp3) is 0.750. The molecule has 78 valence electrons. The van der Waals surface area contributed by atoms with Gasteiger partial charge in [-0.05, 0) is 29.2 Å². The highest BCUT2D eigenvalue weighted by atomic mass is 15.2. The number of rotatable bonds is 3. The minimum absolute atomic E-state index is 0.777. The van der Waals surface area contributed by atoms with Crippen molar-refractivity contribution in [2.75, 3.05) is 0 Å². The lowest BCUT2D eigenvalue weighted by Crippen LogP contribution is -1.97. The molecule has 0 bridgehead atoms. The second-order valence-electron chi connectivity index (χ2n) is 4.80. The molecule has 0 aromatic carbocycles. The number of hydrogen-bond donors (Lipinski definition) is 0. The Balaban J connectivity index is 2.08. The summed E-state index contributed by atoms with van der Waals surface area (Å²) < 4.78 is 1.91. The Kier molecular flexibility index (Phi) is 2.38. The summed E-state index contributed by atoms with van der Waals surface area (Å²) in [6.45, 7) is 7.03. The molecule has 1 fully saturated rings. The third kappa shape index (κ3) is 1.47. The molecule has 0 spiro atoms. The van der Waals surface area contributed by atoms with Gasteiger partial charge >= 0.3 is 0 Å². The van der Waals surface area contributed by atoms with Crippen LogP contribution in [0.3, 0.4) is 0 Å². The van der Waals surface area contributed by atoms with E-state index in [1.165, 1.54) is 12.0 Å². The van der Waals surface area contributed by atoms with Gasteiger partial charge in [-0.3, -0.25) is 4.68 Å². The summed E-state index contributed by atoms with van der Waals surface area (Å²) in [6.07, 6.45) is 5.50. The van der Waals surface area contributed by atoms with Crippen molar-refractivity contribution < 1.29 is 0 Å². The van der Waals surface area contributed by atoms with E-state index in [2.05, 4.69) is 32.1 Å². The zero-order chi connectivity index (χ0) is 10.3. The predicted molar refractivity (Wildman–Crippen MR) is 58.1 cm³/mol. The Hall–Kier alpha value is -0.790. The Morgan fingerprint density at radius 1 is 1.57 bits per heavy atom. The van der Waals surface area contributed by atoms with Gasteiger partial charge in [-0.25, -0.2) is 0 Å². The van der Waals surface area contributed by atoms with Gasteiger partial charge in [-0.15, -0.1) is 0 Å². The highest BCUT2D eigenvalue weighted by molar-refractivity contribution is 5.23. The molecule has 2 nitrogen and oxygen atoms in total. The molecule has 1 aromatic rings. The molecular formula is C12H20N2. The third-order valence-corrected chi connectivity index (χ3v) is 3.86. The lowest BCUT2D eigenvalue weighted by molar-refractivity contribution is 0.463. The van der Waals surface area contributed by atoms with E-state index >= 15 is 0 Å². The van der Waals surface area contributed by atoms with Gasteiger partial charge in [0.2, 0.25) is 0 Å². The quantitative estimate of drug-likeness (QED) is 0.720. The van der Waals surface area contributed by atoms with Gasteiger partial charge < -0.3 is 0 Å². The van der Waals surface area contributed by atoms with Gasteiger partial charge in [-0.1, -0.05) is 27.2 Å². The molecule has 1 aromatic heterocycles. The summed E-state index contributed by atoms with van der Waals surface area (Å²) in [5.41, 5.74) is 1.44. The maximum atomic E-state index is 4.25. The second-order valence-corrected chi connectivity index (χ2v) is 4.80. The molecular weight excluding hydrogens is 172 g/mol. The Bertz CT molecular complexity index is 316. The SMILES string of the molecule is CCC(C)C1C(C)C1c1cnn(C)c1. The molecule has 0 N–H and O–H groups in total. The van der Waals surface area contributed by atoms with E-state index in [1.54, 1.807) is 0 Å². The van der Waals surface area contributed by atoms with Gasteiger partial charge in [0.15, 0.2) is 0 Å². The van der Waals surface area contributed by atoms with E-state index in [1.807, 2.05) is 17.9 Å². The van der Waals surface area contributed by atoms with Gasteiger partial charge in [0.25, 0.3) is 0 Å². The summed E-state index contributed by atoms with van der Waals surface area (Å²) >= 11 is 0. The van der Waals surface area contributed by atoms with E-state index in [0.717, 1.165) is 23.7 Å². The van der Waals surface area contributed by atoms with Crippen LogP contribution >= 0.6 is 0 Å². The van der Waals surface area contributed by atoms with Crippen molar-refractivity contribution >= 4 is 0 Å². The van der Waals surface area contributed by atoms with Crippen LogP contribution in [0.4, 0.5) is 0 Å². The van der Waals surface area contributed by atoms with Crippen LogP contribution in [0.25, 0.3) is 0 Å². The van der Waals surface area contributed by atoms with Crippen LogP contribution in [0.1, 0.15) is 38.7 Å². The molecule has 1 aliphatic carbocycles. The van der Waals surface area contributed by atoms with E-state index in [-0.39, 0.29) is 0 Å². The first-order valence-electron chi connectivity index (χ1n) is 5.63. The fourth-order valence-electron chi connectivity index (χ4n) is 2.78. The van der Waals surface area contributed by atoms with Gasteiger partial charge in [0, 0.05) is 13.2 Å². The monoisotopic (exact) mass is 192 g/mol. The van der Waals surface area contributed by atoms with E-state index in [0.29, 0.717) is 0 Å². The summed E-state index contributed by atoms with van der Waals surface area (Å²) in [4.78, 5) is 0. The highest BCUT2D eigenvalue weighted by Gasteiger charge is 2.49. The van der Waals surface area contributed by atoms with E-state index < -0.39 is 0 Å². The van der Waals surface area contributed by atoms with Crippen molar-refractivity contribution in [3.8, 4) is 0 Å². The average Bonchev–Trinajstić information content (AvgIpc) is 2.63. The molecule has 1 aliphatic rings. The van der Waals surface area contributed by atoms with Crippen LogP contribution in [0, 0.1) is 17.8 Å². The first-order valence-corrected chi connectivity index (χ1v) is 5.63. The summed E-state index contributed by atoms with van der Waals surface area (Å²) in [6, 6.07) is 0. The van der Waals surface area contributed by atoms with E-state index in [4.69, 9.17) is 0 Å². The number of aromatic nitrogens is 2. The Morgan fingerprint density at radius 3 is 2.79 bits per heavy atom. The minimum Gasteiger partial charge on any atom is -0.276 e. The number of nitrogens with zero attached hydrogens (tertiary/aromatic N) is 2. The lowest BCUT2D eigenvalue weighted by atomic mass is 10.00. The maximum absolute atomic E-state index is 4.25. The maximum Gasteiger partial charge on any atom is 0.0524 e. The molecule has 0 amide bonds. The van der Waals surface area contributed by atoms with Crippen LogP contribution in [-0.2, 0) is 7.05 Å². The number of aryl methyl sites for hydroxylation is 1. The van der Waals surface area contributed by atoms with Crippen molar-refractivity contribution in [1.29, 1.82) is 0 Å². The zero-order valence-corrected chi connectivity index (χ0v) is 9.57. The molecule has 4 atom stereocenters. The topological polar surface area (TPSA) is 17.8 Å². The van der Waals surface area contributed by atoms with Gasteiger partial charge in [-0.2, -0.15) is 5.10 Å². The molecule has 2 rings (SSSR count). The van der Waals surface area contributed by atoms with Crippen LogP contribution in [0.5, 0.6) is 0 Å².